The third-order valence-corrected chi connectivity index (χ3v) is 4.39. The maximum Gasteiger partial charge on any atom is 0.460 e. The molecule has 0 spiro atoms. The molecule has 1 aromatic heterocycles. The van der Waals surface area contributed by atoms with Crippen LogP contribution in [0.1, 0.15) is 23.4 Å². The number of carbonyl (C=O) groups is 1. The summed E-state index contributed by atoms with van der Waals surface area (Å²) in [5.74, 6) is -25.5. The van der Waals surface area contributed by atoms with Crippen LogP contribution in [-0.4, -0.2) is 54.3 Å². The van der Waals surface area contributed by atoms with Gasteiger partial charge in [-0.1, -0.05) is 6.92 Å². The lowest BCUT2D eigenvalue weighted by Crippen LogP contribution is -2.60. The van der Waals surface area contributed by atoms with Crippen molar-refractivity contribution in [3.63, 3.8) is 0 Å². The SMILES string of the molecule is CCS(=O)CC(=O)c1nnc(C(F)(F)C(F)(F)C(F)(F)C(F)(F)F)n1C. The maximum absolute atomic E-state index is 13.8. The van der Waals surface area contributed by atoms with Crippen LogP contribution in [0.2, 0.25) is 0 Å². The van der Waals surface area contributed by atoms with E-state index in [0.29, 0.717) is 7.05 Å². The van der Waals surface area contributed by atoms with Gasteiger partial charge in [0.25, 0.3) is 0 Å². The Bertz CT molecular complexity index is 714. The van der Waals surface area contributed by atoms with Crippen molar-refractivity contribution in [1.29, 1.82) is 0 Å². The van der Waals surface area contributed by atoms with Crippen LogP contribution < -0.4 is 0 Å². The first kappa shape index (κ1) is 22.4. The van der Waals surface area contributed by atoms with E-state index in [0.717, 1.165) is 0 Å². The number of nitrogens with zero attached hydrogens (tertiary/aromatic N) is 3. The molecule has 1 atom stereocenters. The first-order valence-electron chi connectivity index (χ1n) is 6.50. The van der Waals surface area contributed by atoms with Gasteiger partial charge in [0, 0.05) is 23.6 Å². The molecule has 0 saturated carbocycles. The molecular formula is C11H10F9N3O2S. The molecule has 0 radical (unpaired) electrons. The lowest BCUT2D eigenvalue weighted by atomic mass is 10.0. The number of hydrogen-bond acceptors (Lipinski definition) is 4. The molecule has 0 fully saturated rings. The minimum Gasteiger partial charge on any atom is -0.306 e. The van der Waals surface area contributed by atoms with Crippen molar-refractivity contribution < 1.29 is 48.5 Å². The molecule has 0 aliphatic heterocycles. The molecule has 0 saturated heterocycles. The number of rotatable bonds is 7. The highest BCUT2D eigenvalue weighted by Crippen LogP contribution is 2.56. The molecule has 0 aliphatic rings. The van der Waals surface area contributed by atoms with E-state index in [1.807, 2.05) is 0 Å². The van der Waals surface area contributed by atoms with Crippen molar-refractivity contribution >= 4 is 16.6 Å². The average Bonchev–Trinajstić information content (AvgIpc) is 2.87. The minimum absolute atomic E-state index is 0.0253. The minimum atomic E-state index is -7.09. The summed E-state index contributed by atoms with van der Waals surface area (Å²) >= 11 is 0. The van der Waals surface area contributed by atoms with Gasteiger partial charge in [-0.3, -0.25) is 9.00 Å². The van der Waals surface area contributed by atoms with E-state index >= 15 is 0 Å². The topological polar surface area (TPSA) is 64.8 Å². The van der Waals surface area contributed by atoms with E-state index < -0.39 is 57.9 Å². The zero-order valence-corrected chi connectivity index (χ0v) is 13.7. The van der Waals surface area contributed by atoms with Crippen LogP contribution in [0.4, 0.5) is 39.5 Å². The van der Waals surface area contributed by atoms with Gasteiger partial charge in [0.05, 0.1) is 5.75 Å². The van der Waals surface area contributed by atoms with Crippen LogP contribution in [0.25, 0.3) is 0 Å². The predicted octanol–water partition coefficient (Wildman–Crippen LogP) is 2.69. The van der Waals surface area contributed by atoms with Crippen molar-refractivity contribution in [2.24, 2.45) is 7.05 Å². The molecule has 1 unspecified atom stereocenters. The van der Waals surface area contributed by atoms with Crippen molar-refractivity contribution in [2.45, 2.75) is 30.9 Å². The molecule has 0 aromatic carbocycles. The second-order valence-electron chi connectivity index (χ2n) is 4.92. The highest BCUT2D eigenvalue weighted by atomic mass is 32.2. The standard InChI is InChI=1S/C11H10F9N3O2S/c1-3-26(25)4-5(24)6-21-22-7(23(6)2)8(12,13)9(14,15)10(16,17)11(18,19)20/h3-4H2,1-2H3. The fraction of sp³-hybridized carbons (Fsp3) is 0.727. The predicted molar refractivity (Wildman–Crippen MR) is 68.7 cm³/mol. The van der Waals surface area contributed by atoms with Crippen molar-refractivity contribution in [3.8, 4) is 0 Å². The first-order chi connectivity index (χ1) is 11.5. The molecule has 150 valence electrons. The zero-order chi connectivity index (χ0) is 20.7. The van der Waals surface area contributed by atoms with Gasteiger partial charge in [-0.15, -0.1) is 10.2 Å². The number of carbonyl (C=O) groups excluding carboxylic acids is 1. The second kappa shape index (κ2) is 6.81. The fourth-order valence-electron chi connectivity index (χ4n) is 1.67. The smallest absolute Gasteiger partial charge is 0.306 e. The number of hydrogen-bond donors (Lipinski definition) is 0. The highest BCUT2D eigenvalue weighted by molar-refractivity contribution is 7.85. The van der Waals surface area contributed by atoms with Gasteiger partial charge >= 0.3 is 23.9 Å². The van der Waals surface area contributed by atoms with E-state index in [2.05, 4.69) is 10.2 Å². The molecule has 1 heterocycles. The number of alkyl halides is 9. The van der Waals surface area contributed by atoms with Crippen molar-refractivity contribution in [3.05, 3.63) is 11.6 Å². The Morgan fingerprint density at radius 3 is 1.92 bits per heavy atom. The Balaban J connectivity index is 3.38. The van der Waals surface area contributed by atoms with E-state index in [9.17, 15) is 48.5 Å². The van der Waals surface area contributed by atoms with Gasteiger partial charge in [-0.05, 0) is 0 Å². The van der Waals surface area contributed by atoms with Crippen LogP contribution in [0.15, 0.2) is 0 Å². The monoisotopic (exact) mass is 419 g/mol. The van der Waals surface area contributed by atoms with Crippen LogP contribution >= 0.6 is 0 Å². The van der Waals surface area contributed by atoms with Crippen LogP contribution in [-0.2, 0) is 23.8 Å². The van der Waals surface area contributed by atoms with Gasteiger partial charge in [-0.2, -0.15) is 39.5 Å². The van der Waals surface area contributed by atoms with Crippen LogP contribution in [0.5, 0.6) is 0 Å². The number of Topliss-reactive ketones (excluding diaryl/α,β-unsaturated/α-hetero) is 1. The first-order valence-corrected chi connectivity index (χ1v) is 7.99. The van der Waals surface area contributed by atoms with Gasteiger partial charge < -0.3 is 4.57 Å². The molecule has 15 heteroatoms. The lowest BCUT2D eigenvalue weighted by molar-refractivity contribution is -0.401. The number of halogens is 9. The molecular weight excluding hydrogens is 409 g/mol. The summed E-state index contributed by atoms with van der Waals surface area (Å²) in [6, 6.07) is 0. The van der Waals surface area contributed by atoms with Crippen LogP contribution in [0.3, 0.4) is 0 Å². The Labute approximate surface area is 142 Å². The molecule has 0 amide bonds. The third kappa shape index (κ3) is 3.44. The highest BCUT2D eigenvalue weighted by Gasteiger charge is 2.83. The number of ketones is 1. The summed E-state index contributed by atoms with van der Waals surface area (Å²) in [5, 5.41) is 5.28. The Morgan fingerprint density at radius 1 is 1.00 bits per heavy atom. The second-order valence-corrected chi connectivity index (χ2v) is 6.67. The van der Waals surface area contributed by atoms with Gasteiger partial charge in [-0.25, -0.2) is 0 Å². The molecule has 26 heavy (non-hydrogen) atoms. The van der Waals surface area contributed by atoms with Crippen molar-refractivity contribution in [2.75, 3.05) is 11.5 Å². The summed E-state index contributed by atoms with van der Waals surface area (Å²) in [4.78, 5) is 11.7. The summed E-state index contributed by atoms with van der Waals surface area (Å²) < 4.78 is 128. The number of aromatic nitrogens is 3. The lowest BCUT2D eigenvalue weighted by Gasteiger charge is -2.32. The van der Waals surface area contributed by atoms with E-state index in [1.54, 1.807) is 0 Å². The molecule has 5 nitrogen and oxygen atoms in total. The molecule has 0 N–H and O–H groups in total. The average molecular weight is 419 g/mol. The van der Waals surface area contributed by atoms with Crippen LogP contribution in [0, 0.1) is 0 Å². The van der Waals surface area contributed by atoms with Gasteiger partial charge in [0.2, 0.25) is 17.4 Å². The van der Waals surface area contributed by atoms with Crippen molar-refractivity contribution in [1.82, 2.24) is 14.8 Å². The molecule has 0 aliphatic carbocycles. The van der Waals surface area contributed by atoms with E-state index in [-0.39, 0.29) is 10.3 Å². The maximum atomic E-state index is 13.8. The molecule has 1 aromatic rings. The Hall–Kier alpha value is -1.67. The summed E-state index contributed by atoms with van der Waals surface area (Å²) in [7, 11) is -1.26. The summed E-state index contributed by atoms with van der Waals surface area (Å²) in [6.45, 7) is 1.40. The van der Waals surface area contributed by atoms with E-state index in [1.165, 1.54) is 6.92 Å². The van der Waals surface area contributed by atoms with Gasteiger partial charge in [0.1, 0.15) is 0 Å². The third-order valence-electron chi connectivity index (χ3n) is 3.16. The summed E-state index contributed by atoms with van der Waals surface area (Å²) in [6.07, 6.45) is -6.98. The van der Waals surface area contributed by atoms with E-state index in [4.69, 9.17) is 0 Å². The largest absolute Gasteiger partial charge is 0.460 e. The Kier molecular flexibility index (Phi) is 5.86. The summed E-state index contributed by atoms with van der Waals surface area (Å²) in [5.41, 5.74) is 0. The normalized spacial score (nSPS) is 15.2. The molecule has 1 rings (SSSR count). The Morgan fingerprint density at radius 2 is 1.50 bits per heavy atom. The quantitative estimate of drug-likeness (QED) is 0.504. The van der Waals surface area contributed by atoms with Gasteiger partial charge in [0.15, 0.2) is 0 Å². The zero-order valence-electron chi connectivity index (χ0n) is 12.9. The fourth-order valence-corrected chi connectivity index (χ4v) is 2.30. The molecule has 0 bridgehead atoms.